The van der Waals surface area contributed by atoms with Crippen LogP contribution in [-0.4, -0.2) is 19.8 Å². The average Bonchev–Trinajstić information content (AvgIpc) is 2.14. The summed E-state index contributed by atoms with van der Waals surface area (Å²) < 4.78 is 61.3. The minimum Gasteiger partial charge on any atom is -0.403 e. The van der Waals surface area contributed by atoms with E-state index >= 15 is 0 Å². The Morgan fingerprint density at radius 1 is 1.47 bits per heavy atom. The van der Waals surface area contributed by atoms with Gasteiger partial charge in [-0.05, 0) is 6.07 Å². The molecule has 0 aliphatic heterocycles. The molecule has 17 heavy (non-hydrogen) atoms. The molecule has 0 unspecified atom stereocenters. The van der Waals surface area contributed by atoms with Crippen LogP contribution in [0.5, 0.6) is 5.75 Å². The van der Waals surface area contributed by atoms with Crippen molar-refractivity contribution in [2.75, 3.05) is 0 Å². The summed E-state index contributed by atoms with van der Waals surface area (Å²) in [4.78, 5) is 2.29. The van der Waals surface area contributed by atoms with Crippen LogP contribution in [0.25, 0.3) is 0 Å². The SMILES string of the molecule is N#Cc1cc(S(N)(=O)=O)c(OC(F)(F)F)cn1. The Balaban J connectivity index is 3.37. The molecule has 0 bridgehead atoms. The molecule has 0 aliphatic rings. The van der Waals surface area contributed by atoms with Gasteiger partial charge in [0, 0.05) is 0 Å². The number of halogens is 3. The summed E-state index contributed by atoms with van der Waals surface area (Å²) in [5.41, 5.74) is -0.399. The predicted octanol–water partition coefficient (Wildman–Crippen LogP) is 0.499. The van der Waals surface area contributed by atoms with Gasteiger partial charge in [0.15, 0.2) is 5.75 Å². The maximum Gasteiger partial charge on any atom is 0.573 e. The molecular formula is C7H4F3N3O3S. The van der Waals surface area contributed by atoms with Crippen molar-refractivity contribution < 1.29 is 26.3 Å². The second-order valence-corrected chi connectivity index (χ2v) is 4.25. The summed E-state index contributed by atoms with van der Waals surface area (Å²) in [5.74, 6) is -1.08. The molecule has 10 heteroatoms. The van der Waals surface area contributed by atoms with E-state index in [4.69, 9.17) is 5.26 Å². The Morgan fingerprint density at radius 3 is 2.47 bits per heavy atom. The van der Waals surface area contributed by atoms with Gasteiger partial charge in [0.05, 0.1) is 6.20 Å². The minimum absolute atomic E-state index is 0.399. The normalized spacial score (nSPS) is 11.9. The van der Waals surface area contributed by atoms with Crippen molar-refractivity contribution >= 4 is 10.0 Å². The fourth-order valence-electron chi connectivity index (χ4n) is 0.909. The standard InChI is InChI=1S/C7H4F3N3O3S/c8-7(9,10)16-5-3-13-4(2-11)1-6(5)17(12,14)15/h1,3H,(H2,12,14,15). The highest BCUT2D eigenvalue weighted by atomic mass is 32.2. The molecule has 0 aliphatic carbocycles. The molecule has 0 aromatic carbocycles. The van der Waals surface area contributed by atoms with Crippen LogP contribution in [0.2, 0.25) is 0 Å². The van der Waals surface area contributed by atoms with Crippen LogP contribution in [0.3, 0.4) is 0 Å². The van der Waals surface area contributed by atoms with Crippen LogP contribution in [0.1, 0.15) is 5.69 Å². The smallest absolute Gasteiger partial charge is 0.403 e. The number of pyridine rings is 1. The third kappa shape index (κ3) is 3.58. The van der Waals surface area contributed by atoms with Gasteiger partial charge >= 0.3 is 6.36 Å². The number of ether oxygens (including phenoxy) is 1. The van der Waals surface area contributed by atoms with E-state index in [1.165, 1.54) is 6.07 Å². The van der Waals surface area contributed by atoms with Crippen LogP contribution in [0.15, 0.2) is 17.2 Å². The van der Waals surface area contributed by atoms with E-state index in [0.717, 1.165) is 0 Å². The molecule has 0 radical (unpaired) electrons. The summed E-state index contributed by atoms with van der Waals surface area (Å²) in [7, 11) is -4.45. The van der Waals surface area contributed by atoms with Crippen molar-refractivity contribution in [1.29, 1.82) is 5.26 Å². The lowest BCUT2D eigenvalue weighted by molar-refractivity contribution is -0.275. The third-order valence-corrected chi connectivity index (χ3v) is 2.41. The maximum atomic E-state index is 11.9. The maximum absolute atomic E-state index is 11.9. The van der Waals surface area contributed by atoms with E-state index in [2.05, 4.69) is 14.9 Å². The fraction of sp³-hybridized carbons (Fsp3) is 0.143. The van der Waals surface area contributed by atoms with Gasteiger partial charge in [-0.1, -0.05) is 0 Å². The van der Waals surface area contributed by atoms with Crippen molar-refractivity contribution in [1.82, 2.24) is 4.98 Å². The molecular weight excluding hydrogens is 263 g/mol. The topological polar surface area (TPSA) is 106 Å². The van der Waals surface area contributed by atoms with Crippen molar-refractivity contribution in [3.8, 4) is 11.8 Å². The summed E-state index contributed by atoms with van der Waals surface area (Å²) >= 11 is 0. The van der Waals surface area contributed by atoms with Crippen molar-refractivity contribution in [3.63, 3.8) is 0 Å². The van der Waals surface area contributed by atoms with Crippen LogP contribution in [0, 0.1) is 11.3 Å². The van der Waals surface area contributed by atoms with Crippen LogP contribution in [-0.2, 0) is 10.0 Å². The van der Waals surface area contributed by atoms with Gasteiger partial charge in [-0.3, -0.25) is 0 Å². The molecule has 1 aromatic rings. The Morgan fingerprint density at radius 2 is 2.06 bits per heavy atom. The molecule has 0 atom stereocenters. The molecule has 0 saturated heterocycles. The lowest BCUT2D eigenvalue weighted by atomic mass is 10.3. The van der Waals surface area contributed by atoms with Gasteiger partial charge in [0.1, 0.15) is 16.7 Å². The number of rotatable bonds is 2. The Kier molecular flexibility index (Phi) is 3.25. The monoisotopic (exact) mass is 267 g/mol. The first-order chi connectivity index (χ1) is 7.63. The highest BCUT2D eigenvalue weighted by molar-refractivity contribution is 7.89. The van der Waals surface area contributed by atoms with Crippen LogP contribution in [0.4, 0.5) is 13.2 Å². The van der Waals surface area contributed by atoms with E-state index in [1.54, 1.807) is 0 Å². The van der Waals surface area contributed by atoms with Gasteiger partial charge in [-0.2, -0.15) is 5.26 Å². The van der Waals surface area contributed by atoms with E-state index in [1.807, 2.05) is 0 Å². The molecule has 1 aromatic heterocycles. The van der Waals surface area contributed by atoms with E-state index in [0.29, 0.717) is 12.3 Å². The van der Waals surface area contributed by atoms with Crippen molar-refractivity contribution in [2.24, 2.45) is 5.14 Å². The number of nitrogens with zero attached hydrogens (tertiary/aromatic N) is 2. The molecule has 1 rings (SSSR count). The zero-order chi connectivity index (χ0) is 13.3. The molecule has 0 fully saturated rings. The number of hydrogen-bond donors (Lipinski definition) is 1. The first kappa shape index (κ1) is 13.2. The number of primary sulfonamides is 1. The zero-order valence-corrected chi connectivity index (χ0v) is 8.71. The van der Waals surface area contributed by atoms with Crippen molar-refractivity contribution in [3.05, 3.63) is 18.0 Å². The summed E-state index contributed by atoms with van der Waals surface area (Å²) in [5, 5.41) is 13.1. The lowest BCUT2D eigenvalue weighted by Gasteiger charge is -2.11. The first-order valence-corrected chi connectivity index (χ1v) is 5.37. The largest absolute Gasteiger partial charge is 0.573 e. The predicted molar refractivity (Wildman–Crippen MR) is 47.0 cm³/mol. The number of aromatic nitrogens is 1. The van der Waals surface area contributed by atoms with Crippen LogP contribution < -0.4 is 9.88 Å². The number of hydrogen-bond acceptors (Lipinski definition) is 5. The van der Waals surface area contributed by atoms with Crippen LogP contribution >= 0.6 is 0 Å². The first-order valence-electron chi connectivity index (χ1n) is 3.82. The highest BCUT2D eigenvalue weighted by Crippen LogP contribution is 2.28. The molecule has 0 saturated carbocycles. The molecule has 92 valence electrons. The molecule has 0 spiro atoms. The van der Waals surface area contributed by atoms with Gasteiger partial charge in [0.2, 0.25) is 10.0 Å². The Hall–Kier alpha value is -1.86. The van der Waals surface area contributed by atoms with E-state index in [-0.39, 0.29) is 0 Å². The zero-order valence-electron chi connectivity index (χ0n) is 7.89. The second kappa shape index (κ2) is 4.19. The van der Waals surface area contributed by atoms with Gasteiger partial charge in [-0.15, -0.1) is 13.2 Å². The number of alkyl halides is 3. The fourth-order valence-corrected chi connectivity index (χ4v) is 1.56. The summed E-state index contributed by atoms with van der Waals surface area (Å²) in [6, 6.07) is 2.06. The van der Waals surface area contributed by atoms with Gasteiger partial charge < -0.3 is 4.74 Å². The highest BCUT2D eigenvalue weighted by Gasteiger charge is 2.34. The lowest BCUT2D eigenvalue weighted by Crippen LogP contribution is -2.21. The molecule has 2 N–H and O–H groups in total. The van der Waals surface area contributed by atoms with E-state index in [9.17, 15) is 21.6 Å². The van der Waals surface area contributed by atoms with E-state index < -0.39 is 32.7 Å². The molecule has 1 heterocycles. The Bertz CT molecular complexity index is 576. The van der Waals surface area contributed by atoms with Crippen molar-refractivity contribution in [2.45, 2.75) is 11.3 Å². The Labute approximate surface area is 93.5 Å². The number of nitrogens with two attached hydrogens (primary N) is 1. The van der Waals surface area contributed by atoms with Gasteiger partial charge in [-0.25, -0.2) is 18.5 Å². The van der Waals surface area contributed by atoms with Gasteiger partial charge in [0.25, 0.3) is 0 Å². The molecule has 6 nitrogen and oxygen atoms in total. The number of sulfonamides is 1. The summed E-state index contributed by atoms with van der Waals surface area (Å²) in [6.07, 6.45) is -4.62. The average molecular weight is 267 g/mol. The summed E-state index contributed by atoms with van der Waals surface area (Å²) in [6.45, 7) is 0. The second-order valence-electron chi connectivity index (χ2n) is 2.72. The molecule has 0 amide bonds. The number of nitriles is 1. The quantitative estimate of drug-likeness (QED) is 0.839. The minimum atomic E-state index is -5.09. The third-order valence-electron chi connectivity index (χ3n) is 1.48.